The Morgan fingerprint density at radius 2 is 1.71 bits per heavy atom. The molecule has 0 radical (unpaired) electrons. The van der Waals surface area contributed by atoms with E-state index in [4.69, 9.17) is 9.47 Å². The number of rotatable bonds is 7. The highest BCUT2D eigenvalue weighted by Gasteiger charge is 2.21. The largest absolute Gasteiger partial charge is 0.493 e. The first kappa shape index (κ1) is 18.3. The molecular formula is C19H22BrNO3. The molecule has 0 unspecified atom stereocenters. The van der Waals surface area contributed by atoms with E-state index in [1.807, 2.05) is 24.3 Å². The fourth-order valence-electron chi connectivity index (χ4n) is 2.26. The predicted molar refractivity (Wildman–Crippen MR) is 98.7 cm³/mol. The smallest absolute Gasteiger partial charge is 0.257 e. The van der Waals surface area contributed by atoms with E-state index in [1.54, 1.807) is 19.2 Å². The van der Waals surface area contributed by atoms with Gasteiger partial charge in [0.1, 0.15) is 0 Å². The summed E-state index contributed by atoms with van der Waals surface area (Å²) < 4.78 is 11.8. The van der Waals surface area contributed by atoms with Gasteiger partial charge in [0.05, 0.1) is 7.11 Å². The van der Waals surface area contributed by atoms with Gasteiger partial charge in [-0.1, -0.05) is 54.0 Å². The van der Waals surface area contributed by atoms with E-state index in [-0.39, 0.29) is 17.9 Å². The Morgan fingerprint density at radius 1 is 1.08 bits per heavy atom. The fourth-order valence-corrected chi connectivity index (χ4v) is 2.52. The molecule has 0 aromatic heterocycles. The van der Waals surface area contributed by atoms with Crippen LogP contribution in [0.3, 0.4) is 0 Å². The minimum Gasteiger partial charge on any atom is -0.493 e. The lowest BCUT2D eigenvalue weighted by atomic mass is 9.84. The Bertz CT molecular complexity index is 683. The molecule has 1 amide bonds. The molecule has 24 heavy (non-hydrogen) atoms. The van der Waals surface area contributed by atoms with Crippen LogP contribution in [-0.4, -0.2) is 26.2 Å². The first-order chi connectivity index (χ1) is 11.4. The van der Waals surface area contributed by atoms with Crippen LogP contribution in [0, 0.1) is 0 Å². The van der Waals surface area contributed by atoms with Crippen LogP contribution in [0.25, 0.3) is 0 Å². The summed E-state index contributed by atoms with van der Waals surface area (Å²) in [4.78, 5) is 12.1. The summed E-state index contributed by atoms with van der Waals surface area (Å²) in [5.74, 6) is 1.01. The summed E-state index contributed by atoms with van der Waals surface area (Å²) in [5, 5.41) is 2.93. The van der Waals surface area contributed by atoms with E-state index in [1.165, 1.54) is 0 Å². The number of benzene rings is 2. The predicted octanol–water partition coefficient (Wildman–Crippen LogP) is 3.93. The molecule has 5 heteroatoms. The van der Waals surface area contributed by atoms with Crippen LogP contribution >= 0.6 is 15.9 Å². The Hall–Kier alpha value is -2.01. The number of amides is 1. The minimum absolute atomic E-state index is 0.0449. The van der Waals surface area contributed by atoms with Gasteiger partial charge in [0, 0.05) is 16.4 Å². The summed E-state index contributed by atoms with van der Waals surface area (Å²) in [6.07, 6.45) is 0. The Kier molecular flexibility index (Phi) is 6.26. The third-order valence-corrected chi connectivity index (χ3v) is 4.31. The second-order valence-electron chi connectivity index (χ2n) is 6.11. The first-order valence-corrected chi connectivity index (χ1v) is 8.50. The van der Waals surface area contributed by atoms with Crippen molar-refractivity contribution in [1.82, 2.24) is 5.32 Å². The second-order valence-corrected chi connectivity index (χ2v) is 7.02. The van der Waals surface area contributed by atoms with Gasteiger partial charge in [-0.25, -0.2) is 0 Å². The molecule has 0 heterocycles. The van der Waals surface area contributed by atoms with Gasteiger partial charge >= 0.3 is 0 Å². The summed E-state index contributed by atoms with van der Waals surface area (Å²) in [5.41, 5.74) is 0.998. The van der Waals surface area contributed by atoms with Crippen molar-refractivity contribution in [3.63, 3.8) is 0 Å². The van der Waals surface area contributed by atoms with Crippen LogP contribution in [0.5, 0.6) is 11.5 Å². The van der Waals surface area contributed by atoms with Gasteiger partial charge in [-0.05, 0) is 29.8 Å². The van der Waals surface area contributed by atoms with Crippen LogP contribution < -0.4 is 14.8 Å². The summed E-state index contributed by atoms with van der Waals surface area (Å²) in [6.45, 7) is 4.68. The van der Waals surface area contributed by atoms with Gasteiger partial charge in [-0.3, -0.25) is 4.79 Å². The summed E-state index contributed by atoms with van der Waals surface area (Å²) in [7, 11) is 1.57. The van der Waals surface area contributed by atoms with Crippen LogP contribution in [0.2, 0.25) is 0 Å². The van der Waals surface area contributed by atoms with Gasteiger partial charge in [0.15, 0.2) is 18.1 Å². The molecular weight excluding hydrogens is 370 g/mol. The number of hydrogen-bond donors (Lipinski definition) is 1. The number of carbonyl (C=O) groups excluding carboxylic acids is 1. The quantitative estimate of drug-likeness (QED) is 0.777. The SMILES string of the molecule is COc1ccccc1OCC(=O)NCC(C)(C)c1ccc(Br)cc1. The molecule has 1 N–H and O–H groups in total. The Morgan fingerprint density at radius 3 is 2.33 bits per heavy atom. The second kappa shape index (κ2) is 8.20. The van der Waals surface area contributed by atoms with E-state index in [9.17, 15) is 4.79 Å². The number of ether oxygens (including phenoxy) is 2. The number of hydrogen-bond acceptors (Lipinski definition) is 3. The zero-order valence-electron chi connectivity index (χ0n) is 14.1. The standard InChI is InChI=1S/C19H22BrNO3/c1-19(2,14-8-10-15(20)11-9-14)13-21-18(22)12-24-17-7-5-4-6-16(17)23-3/h4-11H,12-13H2,1-3H3,(H,21,22). The Balaban J connectivity index is 1.87. The molecule has 0 saturated carbocycles. The van der Waals surface area contributed by atoms with Crippen LogP contribution in [-0.2, 0) is 10.2 Å². The van der Waals surface area contributed by atoms with Crippen LogP contribution in [0.1, 0.15) is 19.4 Å². The molecule has 4 nitrogen and oxygen atoms in total. The normalized spacial score (nSPS) is 11.0. The van der Waals surface area contributed by atoms with Crippen molar-refractivity contribution in [3.05, 3.63) is 58.6 Å². The van der Waals surface area contributed by atoms with Gasteiger partial charge in [0.2, 0.25) is 0 Å². The maximum absolute atomic E-state index is 12.1. The lowest BCUT2D eigenvalue weighted by Gasteiger charge is -2.25. The monoisotopic (exact) mass is 391 g/mol. The average molecular weight is 392 g/mol. The van der Waals surface area contributed by atoms with Crippen LogP contribution in [0.4, 0.5) is 0 Å². The van der Waals surface area contributed by atoms with E-state index in [0.29, 0.717) is 18.0 Å². The zero-order valence-corrected chi connectivity index (χ0v) is 15.7. The van der Waals surface area contributed by atoms with Crippen molar-refractivity contribution in [2.45, 2.75) is 19.3 Å². The molecule has 2 rings (SSSR count). The Labute approximate surface area is 151 Å². The maximum atomic E-state index is 12.1. The lowest BCUT2D eigenvalue weighted by Crippen LogP contribution is -2.38. The van der Waals surface area contributed by atoms with E-state index >= 15 is 0 Å². The van der Waals surface area contributed by atoms with Crippen LogP contribution in [0.15, 0.2) is 53.0 Å². The van der Waals surface area contributed by atoms with Crippen molar-refractivity contribution in [2.75, 3.05) is 20.3 Å². The van der Waals surface area contributed by atoms with E-state index in [2.05, 4.69) is 47.2 Å². The molecule has 0 aliphatic heterocycles. The lowest BCUT2D eigenvalue weighted by molar-refractivity contribution is -0.123. The minimum atomic E-state index is -0.166. The molecule has 0 saturated heterocycles. The third kappa shape index (κ3) is 4.99. The van der Waals surface area contributed by atoms with Crippen molar-refractivity contribution in [1.29, 1.82) is 0 Å². The van der Waals surface area contributed by atoms with E-state index in [0.717, 1.165) is 10.0 Å². The maximum Gasteiger partial charge on any atom is 0.257 e. The molecule has 0 aliphatic carbocycles. The van der Waals surface area contributed by atoms with Crippen molar-refractivity contribution in [3.8, 4) is 11.5 Å². The van der Waals surface area contributed by atoms with Gasteiger partial charge in [0.25, 0.3) is 5.91 Å². The molecule has 128 valence electrons. The molecule has 2 aromatic rings. The number of halogens is 1. The third-order valence-electron chi connectivity index (χ3n) is 3.78. The number of nitrogens with one attached hydrogen (secondary N) is 1. The first-order valence-electron chi connectivity index (χ1n) is 7.71. The molecule has 2 aromatic carbocycles. The van der Waals surface area contributed by atoms with Crippen molar-refractivity contribution < 1.29 is 14.3 Å². The highest BCUT2D eigenvalue weighted by atomic mass is 79.9. The van der Waals surface area contributed by atoms with E-state index < -0.39 is 0 Å². The average Bonchev–Trinajstić information content (AvgIpc) is 2.59. The summed E-state index contributed by atoms with van der Waals surface area (Å²) in [6, 6.07) is 15.4. The highest BCUT2D eigenvalue weighted by Crippen LogP contribution is 2.26. The number of para-hydroxylation sites is 2. The van der Waals surface area contributed by atoms with Gasteiger partial charge < -0.3 is 14.8 Å². The summed E-state index contributed by atoms with van der Waals surface area (Å²) >= 11 is 3.43. The molecule has 0 atom stereocenters. The molecule has 0 spiro atoms. The number of carbonyl (C=O) groups is 1. The highest BCUT2D eigenvalue weighted by molar-refractivity contribution is 9.10. The van der Waals surface area contributed by atoms with Gasteiger partial charge in [-0.2, -0.15) is 0 Å². The van der Waals surface area contributed by atoms with Gasteiger partial charge in [-0.15, -0.1) is 0 Å². The molecule has 0 fully saturated rings. The molecule has 0 bridgehead atoms. The van der Waals surface area contributed by atoms with Crippen molar-refractivity contribution >= 4 is 21.8 Å². The topological polar surface area (TPSA) is 47.6 Å². The number of methoxy groups -OCH3 is 1. The van der Waals surface area contributed by atoms with Crippen molar-refractivity contribution in [2.24, 2.45) is 0 Å². The fraction of sp³-hybridized carbons (Fsp3) is 0.316. The molecule has 0 aliphatic rings. The zero-order chi connectivity index (χ0) is 17.6.